The molecule has 0 unspecified atom stereocenters. The van der Waals surface area contributed by atoms with Crippen LogP contribution in [0.3, 0.4) is 0 Å². The fraction of sp³-hybridized carbons (Fsp3) is 0.719. The van der Waals surface area contributed by atoms with Gasteiger partial charge in [-0.15, -0.1) is 0 Å². The average molecular weight is 519 g/mol. The minimum absolute atomic E-state index is 0.333. The van der Waals surface area contributed by atoms with Crippen LogP contribution in [0, 0.1) is 0 Å². The molecule has 1 aromatic carbocycles. The molecule has 0 amide bonds. The molecule has 0 N–H and O–H groups in total. The van der Waals surface area contributed by atoms with E-state index in [1.807, 2.05) is 0 Å². The van der Waals surface area contributed by atoms with Gasteiger partial charge in [0.2, 0.25) is 5.75 Å². The summed E-state index contributed by atoms with van der Waals surface area (Å²) in [4.78, 5) is 12.0. The van der Waals surface area contributed by atoms with Crippen molar-refractivity contribution in [3.63, 3.8) is 0 Å². The minimum atomic E-state index is -0.333. The summed E-state index contributed by atoms with van der Waals surface area (Å²) in [5, 5.41) is 0. The first-order valence-corrected chi connectivity index (χ1v) is 14.8. The number of benzene rings is 1. The van der Waals surface area contributed by atoms with E-state index >= 15 is 0 Å². The van der Waals surface area contributed by atoms with Crippen LogP contribution in [0.4, 0.5) is 0 Å². The second-order valence-corrected chi connectivity index (χ2v) is 9.97. The Morgan fingerprint density at radius 2 is 1.03 bits per heavy atom. The first-order valence-electron chi connectivity index (χ1n) is 14.8. The van der Waals surface area contributed by atoms with Crippen molar-refractivity contribution in [3.8, 4) is 17.2 Å². The van der Waals surface area contributed by atoms with E-state index in [9.17, 15) is 4.79 Å². The molecule has 0 heterocycles. The minimum Gasteiger partial charge on any atom is -0.493 e. The number of hydrogen-bond donors (Lipinski definition) is 0. The number of ether oxygens (including phenoxy) is 4. The normalized spacial score (nSPS) is 11.1. The van der Waals surface area contributed by atoms with Crippen LogP contribution in [-0.2, 0) is 9.53 Å². The van der Waals surface area contributed by atoms with Crippen LogP contribution < -0.4 is 14.2 Å². The van der Waals surface area contributed by atoms with E-state index in [0.29, 0.717) is 23.9 Å². The SMILES string of the molecule is CCCCCCCCCCCCCCCCCCCCOC(=O)/C=C/c1cc(OC)c(OC)c(OC)c1. The monoisotopic (exact) mass is 518 g/mol. The number of esters is 1. The van der Waals surface area contributed by atoms with Gasteiger partial charge >= 0.3 is 5.97 Å². The molecule has 0 saturated heterocycles. The van der Waals surface area contributed by atoms with Gasteiger partial charge in [-0.3, -0.25) is 0 Å². The third-order valence-electron chi connectivity index (χ3n) is 6.84. The Kier molecular flexibility index (Phi) is 20.4. The fourth-order valence-corrected chi connectivity index (χ4v) is 4.59. The molecule has 0 aliphatic carbocycles. The molecule has 0 bridgehead atoms. The maximum absolute atomic E-state index is 12.0. The molecule has 1 rings (SSSR count). The van der Waals surface area contributed by atoms with Crippen LogP contribution in [0.5, 0.6) is 17.2 Å². The van der Waals surface area contributed by atoms with Gasteiger partial charge in [0.25, 0.3) is 0 Å². The Bertz CT molecular complexity index is 703. The quantitative estimate of drug-likeness (QED) is 0.0775. The van der Waals surface area contributed by atoms with E-state index in [2.05, 4.69) is 6.92 Å². The molecule has 5 nitrogen and oxygen atoms in total. The first-order chi connectivity index (χ1) is 18.2. The maximum atomic E-state index is 12.0. The molecule has 5 heteroatoms. The van der Waals surface area contributed by atoms with Gasteiger partial charge in [0, 0.05) is 6.08 Å². The van der Waals surface area contributed by atoms with Gasteiger partial charge < -0.3 is 18.9 Å². The molecular formula is C32H54O5. The molecule has 0 aliphatic heterocycles. The number of unbranched alkanes of at least 4 members (excludes halogenated alkanes) is 17. The van der Waals surface area contributed by atoms with Crippen LogP contribution >= 0.6 is 0 Å². The van der Waals surface area contributed by atoms with Crippen molar-refractivity contribution in [1.82, 2.24) is 0 Å². The second-order valence-electron chi connectivity index (χ2n) is 9.97. The lowest BCUT2D eigenvalue weighted by molar-refractivity contribution is -0.137. The number of carbonyl (C=O) groups is 1. The zero-order valence-electron chi connectivity index (χ0n) is 24.3. The zero-order valence-corrected chi connectivity index (χ0v) is 24.3. The third-order valence-corrected chi connectivity index (χ3v) is 6.84. The first kappa shape index (κ1) is 32.9. The highest BCUT2D eigenvalue weighted by Crippen LogP contribution is 2.38. The topological polar surface area (TPSA) is 54.0 Å². The molecule has 212 valence electrons. The summed E-state index contributed by atoms with van der Waals surface area (Å²) in [5.41, 5.74) is 0.777. The highest BCUT2D eigenvalue weighted by molar-refractivity contribution is 5.87. The zero-order chi connectivity index (χ0) is 27.0. The summed E-state index contributed by atoms with van der Waals surface area (Å²) in [6, 6.07) is 3.59. The van der Waals surface area contributed by atoms with Crippen molar-refractivity contribution < 1.29 is 23.7 Å². The van der Waals surface area contributed by atoms with E-state index in [0.717, 1.165) is 18.4 Å². The summed E-state index contributed by atoms with van der Waals surface area (Å²) >= 11 is 0. The average Bonchev–Trinajstić information content (AvgIpc) is 2.92. The maximum Gasteiger partial charge on any atom is 0.330 e. The summed E-state index contributed by atoms with van der Waals surface area (Å²) in [6.07, 6.45) is 27.3. The van der Waals surface area contributed by atoms with Crippen molar-refractivity contribution in [2.45, 2.75) is 122 Å². The third kappa shape index (κ3) is 16.3. The molecule has 0 aliphatic rings. The summed E-state index contributed by atoms with van der Waals surface area (Å²) in [6.45, 7) is 2.75. The van der Waals surface area contributed by atoms with Gasteiger partial charge in [0.05, 0.1) is 27.9 Å². The van der Waals surface area contributed by atoms with E-state index in [1.165, 1.54) is 109 Å². The summed E-state index contributed by atoms with van der Waals surface area (Å²) in [7, 11) is 4.70. The molecule has 0 radical (unpaired) electrons. The highest BCUT2D eigenvalue weighted by Gasteiger charge is 2.12. The number of hydrogen-bond acceptors (Lipinski definition) is 5. The van der Waals surface area contributed by atoms with Crippen molar-refractivity contribution >= 4 is 12.0 Å². The van der Waals surface area contributed by atoms with Crippen molar-refractivity contribution in [2.24, 2.45) is 0 Å². The molecular weight excluding hydrogens is 464 g/mol. The number of methoxy groups -OCH3 is 3. The molecule has 0 fully saturated rings. The van der Waals surface area contributed by atoms with Crippen LogP contribution in [-0.4, -0.2) is 33.9 Å². The van der Waals surface area contributed by atoms with Crippen LogP contribution in [0.25, 0.3) is 6.08 Å². The fourth-order valence-electron chi connectivity index (χ4n) is 4.59. The molecule has 0 aromatic heterocycles. The number of carbonyl (C=O) groups excluding carboxylic acids is 1. The summed E-state index contributed by atoms with van der Waals surface area (Å²) in [5.74, 6) is 1.29. The predicted molar refractivity (Wildman–Crippen MR) is 155 cm³/mol. The Morgan fingerprint density at radius 3 is 1.41 bits per heavy atom. The Hall–Kier alpha value is -2.17. The van der Waals surface area contributed by atoms with Crippen molar-refractivity contribution in [2.75, 3.05) is 27.9 Å². The van der Waals surface area contributed by atoms with Crippen molar-refractivity contribution in [1.29, 1.82) is 0 Å². The van der Waals surface area contributed by atoms with Crippen LogP contribution in [0.2, 0.25) is 0 Å². The van der Waals surface area contributed by atoms with Gasteiger partial charge in [0.15, 0.2) is 11.5 Å². The largest absolute Gasteiger partial charge is 0.493 e. The lowest BCUT2D eigenvalue weighted by Crippen LogP contribution is -2.02. The standard InChI is InChI=1S/C32H54O5/c1-5-6-7-8-9-10-11-12-13-14-15-16-17-18-19-20-21-22-25-37-31(33)24-23-28-26-29(34-2)32(36-4)30(27-28)35-3/h23-24,26-27H,5-22,25H2,1-4H3/b24-23+. The van der Waals surface area contributed by atoms with Gasteiger partial charge in [-0.2, -0.15) is 0 Å². The lowest BCUT2D eigenvalue weighted by Gasteiger charge is -2.12. The van der Waals surface area contributed by atoms with Crippen molar-refractivity contribution in [3.05, 3.63) is 23.8 Å². The second kappa shape index (κ2) is 23.0. The van der Waals surface area contributed by atoms with E-state index in [4.69, 9.17) is 18.9 Å². The summed E-state index contributed by atoms with van der Waals surface area (Å²) < 4.78 is 21.3. The van der Waals surface area contributed by atoms with Gasteiger partial charge in [-0.05, 0) is 30.2 Å². The number of rotatable bonds is 24. The molecule has 37 heavy (non-hydrogen) atoms. The van der Waals surface area contributed by atoms with Crippen LogP contribution in [0.15, 0.2) is 18.2 Å². The van der Waals surface area contributed by atoms with Crippen LogP contribution in [0.1, 0.15) is 128 Å². The predicted octanol–water partition coefficient (Wildman–Crippen LogP) is 9.31. The molecule has 0 saturated carbocycles. The smallest absolute Gasteiger partial charge is 0.330 e. The molecule has 1 aromatic rings. The highest BCUT2D eigenvalue weighted by atomic mass is 16.5. The lowest BCUT2D eigenvalue weighted by atomic mass is 10.0. The van der Waals surface area contributed by atoms with Gasteiger partial charge in [-0.1, -0.05) is 116 Å². The van der Waals surface area contributed by atoms with E-state index in [-0.39, 0.29) is 5.97 Å². The van der Waals surface area contributed by atoms with E-state index in [1.54, 1.807) is 39.5 Å². The van der Waals surface area contributed by atoms with Gasteiger partial charge in [0.1, 0.15) is 0 Å². The molecule has 0 atom stereocenters. The Balaban J connectivity index is 1.97. The Morgan fingerprint density at radius 1 is 0.622 bits per heavy atom. The van der Waals surface area contributed by atoms with E-state index < -0.39 is 0 Å². The molecule has 0 spiro atoms. The van der Waals surface area contributed by atoms with Gasteiger partial charge in [-0.25, -0.2) is 4.79 Å². The Labute approximate surface area is 227 Å².